The van der Waals surface area contributed by atoms with Crippen molar-refractivity contribution in [2.24, 2.45) is 17.8 Å². The number of aromatic nitrogens is 1. The average Bonchev–Trinajstić information content (AvgIpc) is 3.58. The third-order valence-electron chi connectivity index (χ3n) is 13.3. The molecule has 8 aromatic rings. The molecule has 2 aliphatic carbocycles. The van der Waals surface area contributed by atoms with Crippen LogP contribution in [-0.4, -0.2) is 4.57 Å². The molecular weight excluding hydrogens is 653 g/mol. The van der Waals surface area contributed by atoms with Crippen LogP contribution in [0.5, 0.6) is 0 Å². The molecule has 1 aromatic heterocycles. The van der Waals surface area contributed by atoms with Gasteiger partial charge in [-0.15, -0.1) is 0 Å². The summed E-state index contributed by atoms with van der Waals surface area (Å²) in [5, 5.41) is 2.66. The van der Waals surface area contributed by atoms with Crippen LogP contribution in [-0.2, 0) is 5.41 Å². The largest absolute Gasteiger partial charge is 0.309 e. The number of benzene rings is 7. The molecule has 2 nitrogen and oxygen atoms in total. The van der Waals surface area contributed by atoms with Gasteiger partial charge in [-0.25, -0.2) is 0 Å². The minimum atomic E-state index is 0.0205. The molecule has 0 saturated heterocycles. The number of fused-ring (bicyclic) bond motifs is 5. The van der Waals surface area contributed by atoms with Crippen molar-refractivity contribution >= 4 is 38.9 Å². The summed E-state index contributed by atoms with van der Waals surface area (Å²) >= 11 is 0. The molecule has 7 aromatic carbocycles. The Morgan fingerprint density at radius 1 is 0.537 bits per heavy atom. The molecule has 2 heteroatoms. The van der Waals surface area contributed by atoms with Gasteiger partial charge in [-0.3, -0.25) is 0 Å². The maximum absolute atomic E-state index is 2.64. The van der Waals surface area contributed by atoms with Crippen LogP contribution in [0.1, 0.15) is 50.2 Å². The van der Waals surface area contributed by atoms with Gasteiger partial charge < -0.3 is 9.47 Å². The maximum Gasteiger partial charge on any atom is 0.0603 e. The van der Waals surface area contributed by atoms with Crippen LogP contribution in [0.25, 0.3) is 49.7 Å². The molecule has 2 fully saturated rings. The Bertz CT molecular complexity index is 2650. The van der Waals surface area contributed by atoms with E-state index in [0.717, 1.165) is 11.6 Å². The summed E-state index contributed by atoms with van der Waals surface area (Å²) in [7, 11) is 0. The van der Waals surface area contributed by atoms with Gasteiger partial charge in [0.15, 0.2) is 0 Å². The van der Waals surface area contributed by atoms with Gasteiger partial charge in [0.25, 0.3) is 0 Å². The van der Waals surface area contributed by atoms with Gasteiger partial charge >= 0.3 is 0 Å². The van der Waals surface area contributed by atoms with Crippen molar-refractivity contribution in [2.45, 2.75) is 44.4 Å². The van der Waals surface area contributed by atoms with E-state index in [4.69, 9.17) is 0 Å². The second-order valence-corrected chi connectivity index (χ2v) is 16.1. The van der Waals surface area contributed by atoms with Gasteiger partial charge in [-0.05, 0) is 108 Å². The summed E-state index contributed by atoms with van der Waals surface area (Å²) in [6.45, 7) is 2.51. The summed E-state index contributed by atoms with van der Waals surface area (Å²) in [6.07, 6.45) is 6.57. The normalized spacial score (nSPS) is 21.3. The second kappa shape index (κ2) is 12.4. The van der Waals surface area contributed by atoms with Crippen molar-refractivity contribution in [1.82, 2.24) is 4.57 Å². The average molecular weight is 697 g/mol. The molecule has 11 rings (SSSR count). The van der Waals surface area contributed by atoms with Gasteiger partial charge in [-0.1, -0.05) is 147 Å². The van der Waals surface area contributed by atoms with Crippen LogP contribution in [0.2, 0.25) is 0 Å². The monoisotopic (exact) mass is 696 g/mol. The van der Waals surface area contributed by atoms with Crippen LogP contribution in [0.4, 0.5) is 17.1 Å². The van der Waals surface area contributed by atoms with Crippen molar-refractivity contribution in [3.05, 3.63) is 181 Å². The van der Waals surface area contributed by atoms with Crippen LogP contribution in [0, 0.1) is 17.8 Å². The predicted octanol–water partition coefficient (Wildman–Crippen LogP) is 14.0. The molecular formula is C52H44N2. The lowest BCUT2D eigenvalue weighted by Gasteiger charge is -2.57. The molecule has 2 saturated carbocycles. The van der Waals surface area contributed by atoms with E-state index in [2.05, 4.69) is 186 Å². The fraction of sp³-hybridized carbons (Fsp3) is 0.192. The quantitative estimate of drug-likeness (QED) is 0.174. The Labute approximate surface area is 318 Å². The minimum Gasteiger partial charge on any atom is -0.309 e. The Morgan fingerprint density at radius 2 is 1.17 bits per heavy atom. The smallest absolute Gasteiger partial charge is 0.0603 e. The molecule has 1 aliphatic heterocycles. The van der Waals surface area contributed by atoms with E-state index in [1.165, 1.54) is 93.2 Å². The van der Waals surface area contributed by atoms with E-state index in [1.54, 1.807) is 11.1 Å². The lowest BCUT2D eigenvalue weighted by Crippen LogP contribution is -2.52. The summed E-state index contributed by atoms with van der Waals surface area (Å²) in [6, 6.07) is 63.5. The van der Waals surface area contributed by atoms with Crippen molar-refractivity contribution in [2.75, 3.05) is 4.90 Å². The highest BCUT2D eigenvalue weighted by Crippen LogP contribution is 2.64. The predicted molar refractivity (Wildman–Crippen MR) is 226 cm³/mol. The second-order valence-electron chi connectivity index (χ2n) is 16.1. The highest BCUT2D eigenvalue weighted by atomic mass is 15.2. The maximum atomic E-state index is 2.64. The molecule has 262 valence electrons. The zero-order valence-corrected chi connectivity index (χ0v) is 30.8. The summed E-state index contributed by atoms with van der Waals surface area (Å²) in [4.78, 5) is 2.55. The number of anilines is 3. The van der Waals surface area contributed by atoms with Gasteiger partial charge in [0.2, 0.25) is 0 Å². The zero-order chi connectivity index (χ0) is 35.8. The first-order valence-electron chi connectivity index (χ1n) is 20.0. The highest BCUT2D eigenvalue weighted by molar-refractivity contribution is 6.18. The zero-order valence-electron chi connectivity index (χ0n) is 30.8. The summed E-state index contributed by atoms with van der Waals surface area (Å²) in [5.74, 6) is 2.05. The Kier molecular flexibility index (Phi) is 7.24. The molecule has 2 bridgehead atoms. The molecule has 4 atom stereocenters. The van der Waals surface area contributed by atoms with Gasteiger partial charge in [0.1, 0.15) is 0 Å². The molecule has 2 heterocycles. The van der Waals surface area contributed by atoms with Gasteiger partial charge in [-0.2, -0.15) is 0 Å². The Balaban J connectivity index is 1.24. The summed E-state index contributed by atoms with van der Waals surface area (Å²) < 4.78 is 2.64. The van der Waals surface area contributed by atoms with Crippen molar-refractivity contribution in [1.29, 1.82) is 0 Å². The van der Waals surface area contributed by atoms with E-state index < -0.39 is 0 Å². The number of para-hydroxylation sites is 3. The number of nitrogens with zero attached hydrogens (tertiary/aromatic N) is 2. The van der Waals surface area contributed by atoms with E-state index in [0.29, 0.717) is 11.8 Å². The fourth-order valence-corrected chi connectivity index (χ4v) is 11.3. The molecule has 2 unspecified atom stereocenters. The van der Waals surface area contributed by atoms with E-state index in [9.17, 15) is 0 Å². The van der Waals surface area contributed by atoms with Crippen LogP contribution < -0.4 is 4.90 Å². The molecule has 0 N–H and O–H groups in total. The van der Waals surface area contributed by atoms with Gasteiger partial charge in [0, 0.05) is 27.4 Å². The number of hydrogen-bond donors (Lipinski definition) is 0. The number of hydrogen-bond acceptors (Lipinski definition) is 1. The third-order valence-corrected chi connectivity index (χ3v) is 13.3. The standard InChI is InChI=1S/C52H44N2/c1-35-33-39-19-14-20-40(34-35)52(39)44-23-10-13-26-48(44)54-47-25-12-9-22-43(47)50-49(32-31-45(52)51(50)54)53(41-29-27-37(28-30-41)36-15-4-2-5-16-36)46-24-11-8-21-42(46)38-17-6-3-7-18-38/h2-13,15-18,21-32,35,39-40H,14,19-20,33-34H2,1H3/t35?,39-,40+,52?. The Morgan fingerprint density at radius 3 is 1.94 bits per heavy atom. The first-order chi connectivity index (χ1) is 26.7. The minimum absolute atomic E-state index is 0.0205. The Hall–Kier alpha value is -5.86. The first kappa shape index (κ1) is 31.6. The lowest BCUT2D eigenvalue weighted by molar-refractivity contribution is 0.0532. The van der Waals surface area contributed by atoms with Crippen molar-refractivity contribution in [3.8, 4) is 27.9 Å². The van der Waals surface area contributed by atoms with E-state index >= 15 is 0 Å². The SMILES string of the molecule is CC1C[C@H]2CCC[C@@H](C1)C21c2ccccc2-n2c3ccccc3c3c(N(c4ccc(-c5ccccc5)cc4)c4ccccc4-c4ccccc4)ccc1c32. The van der Waals surface area contributed by atoms with Crippen molar-refractivity contribution in [3.63, 3.8) is 0 Å². The van der Waals surface area contributed by atoms with Crippen LogP contribution in [0.15, 0.2) is 170 Å². The summed E-state index contributed by atoms with van der Waals surface area (Å²) in [5.41, 5.74) is 15.6. The van der Waals surface area contributed by atoms with Crippen LogP contribution >= 0.6 is 0 Å². The van der Waals surface area contributed by atoms with Gasteiger partial charge in [0.05, 0.1) is 28.1 Å². The van der Waals surface area contributed by atoms with Crippen molar-refractivity contribution < 1.29 is 0 Å². The first-order valence-corrected chi connectivity index (χ1v) is 20.0. The highest BCUT2D eigenvalue weighted by Gasteiger charge is 2.56. The lowest BCUT2D eigenvalue weighted by atomic mass is 9.47. The molecule has 0 amide bonds. The fourth-order valence-electron chi connectivity index (χ4n) is 11.3. The third kappa shape index (κ3) is 4.53. The number of rotatable bonds is 5. The topological polar surface area (TPSA) is 8.17 Å². The molecule has 0 radical (unpaired) electrons. The van der Waals surface area contributed by atoms with Crippen LogP contribution in [0.3, 0.4) is 0 Å². The van der Waals surface area contributed by atoms with E-state index in [-0.39, 0.29) is 5.41 Å². The molecule has 3 aliphatic rings. The van der Waals surface area contributed by atoms with E-state index in [1.807, 2.05) is 0 Å². The molecule has 54 heavy (non-hydrogen) atoms. The molecule has 1 spiro atoms.